The number of hydrogen-bond acceptors (Lipinski definition) is 2. The lowest BCUT2D eigenvalue weighted by Gasteiger charge is -2.13. The van der Waals surface area contributed by atoms with Crippen LogP contribution in [0.5, 0.6) is 0 Å². The van der Waals surface area contributed by atoms with E-state index in [0.29, 0.717) is 18.4 Å². The summed E-state index contributed by atoms with van der Waals surface area (Å²) in [5.74, 6) is -2.48. The van der Waals surface area contributed by atoms with Crippen molar-refractivity contribution in [3.63, 3.8) is 0 Å². The third-order valence-corrected chi connectivity index (χ3v) is 3.99. The first-order chi connectivity index (χ1) is 11.5. The zero-order valence-corrected chi connectivity index (χ0v) is 13.7. The molecule has 2 aromatic rings. The summed E-state index contributed by atoms with van der Waals surface area (Å²) < 4.78 is 26.2. The summed E-state index contributed by atoms with van der Waals surface area (Å²) in [5.41, 5.74) is 2.06. The molecule has 8 heteroatoms. The molecule has 0 radical (unpaired) electrons. The first-order valence-corrected chi connectivity index (χ1v) is 7.33. The van der Waals surface area contributed by atoms with Gasteiger partial charge in [0.25, 0.3) is 5.91 Å². The van der Waals surface area contributed by atoms with Gasteiger partial charge in [-0.05, 0) is 42.2 Å². The molecule has 0 fully saturated rings. The number of anilines is 1. The molecule has 132 valence electrons. The minimum absolute atomic E-state index is 0. The van der Waals surface area contributed by atoms with Crippen LogP contribution in [0, 0.1) is 11.6 Å². The standard InChI is InChI=1S/C17H14F2N2O3.ClH/c18-13-6-4-9(8-14(13)19)20-16(22)12-3-1-2-11-10(12)5-7-15(11)21-17(23)24;/h1-4,6,8,15,21H,5,7H2,(H,20,22)(H,23,24);1H/t15-;/m0./s1. The summed E-state index contributed by atoms with van der Waals surface area (Å²) in [7, 11) is 0. The highest BCUT2D eigenvalue weighted by Crippen LogP contribution is 2.33. The zero-order valence-electron chi connectivity index (χ0n) is 12.9. The number of nitrogens with one attached hydrogen (secondary N) is 2. The monoisotopic (exact) mass is 368 g/mol. The topological polar surface area (TPSA) is 78.4 Å². The molecule has 3 N–H and O–H groups in total. The first-order valence-electron chi connectivity index (χ1n) is 7.33. The SMILES string of the molecule is Cl.O=C(O)N[C@H]1CCc2c(C(=O)Nc3ccc(F)c(F)c3)cccc21. The number of halogens is 3. The Balaban J connectivity index is 0.00000225. The van der Waals surface area contributed by atoms with Crippen molar-refractivity contribution in [3.05, 3.63) is 64.7 Å². The van der Waals surface area contributed by atoms with Gasteiger partial charge in [0, 0.05) is 17.3 Å². The van der Waals surface area contributed by atoms with Gasteiger partial charge in [-0.25, -0.2) is 13.6 Å². The molecule has 0 heterocycles. The van der Waals surface area contributed by atoms with Crippen LogP contribution in [0.1, 0.15) is 33.9 Å². The highest BCUT2D eigenvalue weighted by atomic mass is 35.5. The molecule has 1 aliphatic carbocycles. The molecule has 0 unspecified atom stereocenters. The lowest BCUT2D eigenvalue weighted by atomic mass is 10.0. The zero-order chi connectivity index (χ0) is 17.3. The number of benzene rings is 2. The second-order valence-corrected chi connectivity index (χ2v) is 5.50. The van der Waals surface area contributed by atoms with E-state index in [-0.39, 0.29) is 24.1 Å². The lowest BCUT2D eigenvalue weighted by Crippen LogP contribution is -2.25. The van der Waals surface area contributed by atoms with E-state index >= 15 is 0 Å². The van der Waals surface area contributed by atoms with Crippen molar-refractivity contribution in [2.45, 2.75) is 18.9 Å². The van der Waals surface area contributed by atoms with Gasteiger partial charge in [0.05, 0.1) is 6.04 Å². The molecule has 3 rings (SSSR count). The molecule has 0 aliphatic heterocycles. The Morgan fingerprint density at radius 2 is 1.88 bits per heavy atom. The largest absolute Gasteiger partial charge is 0.465 e. The molecule has 0 spiro atoms. The quantitative estimate of drug-likeness (QED) is 0.769. The van der Waals surface area contributed by atoms with Gasteiger partial charge in [0.2, 0.25) is 0 Å². The highest BCUT2D eigenvalue weighted by Gasteiger charge is 2.27. The number of carboxylic acid groups (broad SMARTS) is 1. The number of hydrogen-bond donors (Lipinski definition) is 3. The average molecular weight is 369 g/mol. The average Bonchev–Trinajstić information content (AvgIpc) is 2.93. The Kier molecular flexibility index (Phi) is 5.58. The molecule has 1 atom stereocenters. The predicted molar refractivity (Wildman–Crippen MR) is 90.2 cm³/mol. The smallest absolute Gasteiger partial charge is 0.405 e. The van der Waals surface area contributed by atoms with Crippen molar-refractivity contribution in [1.29, 1.82) is 0 Å². The maximum absolute atomic E-state index is 13.2. The van der Waals surface area contributed by atoms with Gasteiger partial charge < -0.3 is 15.7 Å². The van der Waals surface area contributed by atoms with Crippen LogP contribution in [0.4, 0.5) is 19.3 Å². The molecule has 1 aliphatic rings. The molecule has 0 aromatic heterocycles. The summed E-state index contributed by atoms with van der Waals surface area (Å²) >= 11 is 0. The Bertz CT molecular complexity index is 830. The number of carbonyl (C=O) groups is 2. The van der Waals surface area contributed by atoms with Crippen LogP contribution in [-0.2, 0) is 6.42 Å². The molecule has 0 saturated carbocycles. The van der Waals surface area contributed by atoms with Crippen molar-refractivity contribution in [2.24, 2.45) is 0 Å². The van der Waals surface area contributed by atoms with Crippen LogP contribution in [0.2, 0.25) is 0 Å². The fourth-order valence-electron chi connectivity index (χ4n) is 2.94. The number of carbonyl (C=O) groups excluding carboxylic acids is 1. The molecule has 0 bridgehead atoms. The summed E-state index contributed by atoms with van der Waals surface area (Å²) in [6.07, 6.45) is 0.00292. The van der Waals surface area contributed by atoms with Crippen molar-refractivity contribution < 1.29 is 23.5 Å². The van der Waals surface area contributed by atoms with Crippen molar-refractivity contribution >= 4 is 30.1 Å². The first kappa shape index (κ1) is 18.7. The second-order valence-electron chi connectivity index (χ2n) is 5.50. The predicted octanol–water partition coefficient (Wildman–Crippen LogP) is 3.89. The Morgan fingerprint density at radius 1 is 1.12 bits per heavy atom. The summed E-state index contributed by atoms with van der Waals surface area (Å²) in [4.78, 5) is 23.3. The molecule has 0 saturated heterocycles. The molecule has 25 heavy (non-hydrogen) atoms. The van der Waals surface area contributed by atoms with Gasteiger partial charge in [0.15, 0.2) is 11.6 Å². The van der Waals surface area contributed by atoms with Crippen LogP contribution in [0.15, 0.2) is 36.4 Å². The van der Waals surface area contributed by atoms with Crippen LogP contribution < -0.4 is 10.6 Å². The van der Waals surface area contributed by atoms with Crippen LogP contribution >= 0.6 is 12.4 Å². The van der Waals surface area contributed by atoms with Crippen LogP contribution in [0.3, 0.4) is 0 Å². The van der Waals surface area contributed by atoms with E-state index in [1.54, 1.807) is 18.2 Å². The third-order valence-electron chi connectivity index (χ3n) is 3.99. The summed E-state index contributed by atoms with van der Waals surface area (Å²) in [5, 5.41) is 13.8. The third kappa shape index (κ3) is 3.88. The molecular weight excluding hydrogens is 354 g/mol. The maximum Gasteiger partial charge on any atom is 0.405 e. The molecular formula is C17H15ClF2N2O3. The van der Waals surface area contributed by atoms with Crippen LogP contribution in [0.25, 0.3) is 0 Å². The highest BCUT2D eigenvalue weighted by molar-refractivity contribution is 6.05. The minimum Gasteiger partial charge on any atom is -0.465 e. The fourth-order valence-corrected chi connectivity index (χ4v) is 2.94. The van der Waals surface area contributed by atoms with Crippen molar-refractivity contribution in [3.8, 4) is 0 Å². The van der Waals surface area contributed by atoms with Crippen molar-refractivity contribution in [1.82, 2.24) is 5.32 Å². The maximum atomic E-state index is 13.2. The van der Waals surface area contributed by atoms with Gasteiger partial charge in [-0.3, -0.25) is 4.79 Å². The molecule has 5 nitrogen and oxygen atoms in total. The number of rotatable bonds is 3. The normalized spacial score (nSPS) is 15.0. The molecule has 2 amide bonds. The fraction of sp³-hybridized carbons (Fsp3) is 0.176. The van der Waals surface area contributed by atoms with Crippen molar-refractivity contribution in [2.75, 3.05) is 5.32 Å². The summed E-state index contributed by atoms with van der Waals surface area (Å²) in [6, 6.07) is 7.83. The molecule has 2 aromatic carbocycles. The lowest BCUT2D eigenvalue weighted by molar-refractivity contribution is 0.102. The van der Waals surface area contributed by atoms with Gasteiger partial charge in [-0.15, -0.1) is 12.4 Å². The van der Waals surface area contributed by atoms with Gasteiger partial charge in [0.1, 0.15) is 0 Å². The Hall–Kier alpha value is -2.67. The number of amides is 2. The second kappa shape index (κ2) is 7.48. The minimum atomic E-state index is -1.12. The van der Waals surface area contributed by atoms with E-state index in [0.717, 1.165) is 23.3 Å². The van der Waals surface area contributed by atoms with E-state index in [4.69, 9.17) is 5.11 Å². The van der Waals surface area contributed by atoms with E-state index in [1.165, 1.54) is 6.07 Å². The van der Waals surface area contributed by atoms with E-state index in [2.05, 4.69) is 10.6 Å². The van der Waals surface area contributed by atoms with Gasteiger partial charge in [-0.2, -0.15) is 0 Å². The Morgan fingerprint density at radius 3 is 2.56 bits per heavy atom. The van der Waals surface area contributed by atoms with E-state index in [1.807, 2.05) is 0 Å². The Labute approximate surface area is 148 Å². The number of fused-ring (bicyclic) bond motifs is 1. The van der Waals surface area contributed by atoms with E-state index in [9.17, 15) is 18.4 Å². The van der Waals surface area contributed by atoms with Gasteiger partial charge >= 0.3 is 6.09 Å². The van der Waals surface area contributed by atoms with Crippen LogP contribution in [-0.4, -0.2) is 17.1 Å². The van der Waals surface area contributed by atoms with Gasteiger partial charge in [-0.1, -0.05) is 12.1 Å². The van der Waals surface area contributed by atoms with E-state index < -0.39 is 23.6 Å². The summed E-state index contributed by atoms with van der Waals surface area (Å²) in [6.45, 7) is 0.